The molecule has 0 aromatic heterocycles. The quantitative estimate of drug-likeness (QED) is 0.587. The number of carbonyl (C=O) groups excluding carboxylic acids is 2. The standard InChI is InChI=1S/C14H10N2O2S2/c17-12-11(20-14(19)15-12)9-8-5-1-3-7-4-2-6-16(10(7)8)13(9)18/h1,3,5H,2,4,6H2,(H,15,17,19). The van der Waals surface area contributed by atoms with E-state index in [2.05, 4.69) is 11.4 Å². The van der Waals surface area contributed by atoms with Crippen LogP contribution < -0.4 is 10.2 Å². The maximum Gasteiger partial charge on any atom is 0.264 e. The lowest BCUT2D eigenvalue weighted by atomic mass is 9.98. The molecule has 0 radical (unpaired) electrons. The molecule has 0 atom stereocenters. The SMILES string of the molecule is O=C1NC(=S)SC1=C1C(=O)N2CCCc3cccc1c32. The number of para-hydroxylation sites is 1. The van der Waals surface area contributed by atoms with Crippen LogP contribution in [0.15, 0.2) is 23.1 Å². The lowest BCUT2D eigenvalue weighted by Gasteiger charge is -2.24. The van der Waals surface area contributed by atoms with Crippen molar-refractivity contribution < 1.29 is 9.59 Å². The number of rotatable bonds is 0. The van der Waals surface area contributed by atoms with Crippen molar-refractivity contribution in [2.75, 3.05) is 11.4 Å². The van der Waals surface area contributed by atoms with Crippen molar-refractivity contribution in [2.24, 2.45) is 0 Å². The Morgan fingerprint density at radius 3 is 2.90 bits per heavy atom. The minimum Gasteiger partial charge on any atom is -0.307 e. The second-order valence-electron chi connectivity index (χ2n) is 4.92. The van der Waals surface area contributed by atoms with Gasteiger partial charge in [0.05, 0.1) is 16.2 Å². The van der Waals surface area contributed by atoms with E-state index in [1.54, 1.807) is 4.90 Å². The van der Waals surface area contributed by atoms with Crippen LogP contribution in [-0.4, -0.2) is 22.7 Å². The number of nitrogens with zero attached hydrogens (tertiary/aromatic N) is 1. The molecular formula is C14H10N2O2S2. The summed E-state index contributed by atoms with van der Waals surface area (Å²) in [5.74, 6) is -0.338. The fourth-order valence-corrected chi connectivity index (χ4v) is 4.12. The van der Waals surface area contributed by atoms with Gasteiger partial charge in [0.2, 0.25) is 0 Å². The summed E-state index contributed by atoms with van der Waals surface area (Å²) in [6.07, 6.45) is 1.94. The molecule has 6 heteroatoms. The van der Waals surface area contributed by atoms with Crippen LogP contribution in [0.25, 0.3) is 5.57 Å². The van der Waals surface area contributed by atoms with Gasteiger partial charge in [-0.25, -0.2) is 0 Å². The Morgan fingerprint density at radius 1 is 1.30 bits per heavy atom. The summed E-state index contributed by atoms with van der Waals surface area (Å²) < 4.78 is 0.413. The number of amides is 2. The highest BCUT2D eigenvalue weighted by Crippen LogP contribution is 2.45. The number of carbonyl (C=O) groups is 2. The smallest absolute Gasteiger partial charge is 0.264 e. The first-order chi connectivity index (χ1) is 9.66. The molecule has 0 unspecified atom stereocenters. The van der Waals surface area contributed by atoms with E-state index in [4.69, 9.17) is 12.2 Å². The summed E-state index contributed by atoms with van der Waals surface area (Å²) in [7, 11) is 0. The van der Waals surface area contributed by atoms with Gasteiger partial charge >= 0.3 is 0 Å². The summed E-state index contributed by atoms with van der Waals surface area (Å²) in [5.41, 5.74) is 3.54. The maximum atomic E-state index is 12.7. The van der Waals surface area contributed by atoms with Gasteiger partial charge in [0.1, 0.15) is 4.32 Å². The van der Waals surface area contributed by atoms with E-state index in [9.17, 15) is 9.59 Å². The van der Waals surface area contributed by atoms with E-state index in [0.29, 0.717) is 14.8 Å². The Morgan fingerprint density at radius 2 is 2.15 bits per heavy atom. The second kappa shape index (κ2) is 4.17. The number of thiocarbonyl (C=S) groups is 1. The minimum atomic E-state index is -0.263. The molecule has 0 aliphatic carbocycles. The van der Waals surface area contributed by atoms with Crippen LogP contribution >= 0.6 is 24.0 Å². The van der Waals surface area contributed by atoms with Gasteiger partial charge in [0.25, 0.3) is 11.8 Å². The minimum absolute atomic E-state index is 0.0745. The van der Waals surface area contributed by atoms with E-state index in [1.807, 2.05) is 12.1 Å². The number of nitrogens with one attached hydrogen (secondary N) is 1. The largest absolute Gasteiger partial charge is 0.307 e. The summed E-state index contributed by atoms with van der Waals surface area (Å²) in [6.45, 7) is 0.719. The van der Waals surface area contributed by atoms with Gasteiger partial charge in [-0.05, 0) is 18.4 Å². The molecular weight excluding hydrogens is 292 g/mol. The molecule has 1 fully saturated rings. The molecule has 0 spiro atoms. The number of hydrogen-bond donors (Lipinski definition) is 1. The van der Waals surface area contributed by atoms with E-state index >= 15 is 0 Å². The van der Waals surface area contributed by atoms with Crippen LogP contribution in [0.2, 0.25) is 0 Å². The third-order valence-corrected chi connectivity index (χ3v) is 5.02. The lowest BCUT2D eigenvalue weighted by molar-refractivity contribution is -0.116. The first-order valence-electron chi connectivity index (χ1n) is 6.38. The molecule has 100 valence electrons. The predicted molar refractivity (Wildman–Crippen MR) is 82.4 cm³/mol. The van der Waals surface area contributed by atoms with Gasteiger partial charge in [0.15, 0.2) is 0 Å². The molecule has 4 nitrogen and oxygen atoms in total. The van der Waals surface area contributed by atoms with Gasteiger partial charge in [-0.1, -0.05) is 42.2 Å². The molecule has 2 amide bonds. The van der Waals surface area contributed by atoms with Crippen LogP contribution in [0.3, 0.4) is 0 Å². The van der Waals surface area contributed by atoms with Crippen molar-refractivity contribution in [3.63, 3.8) is 0 Å². The molecule has 20 heavy (non-hydrogen) atoms. The number of hydrogen-bond acceptors (Lipinski definition) is 4. The fourth-order valence-electron chi connectivity index (χ4n) is 3.00. The third kappa shape index (κ3) is 1.52. The van der Waals surface area contributed by atoms with Gasteiger partial charge in [-0.3, -0.25) is 9.59 Å². The molecule has 0 saturated carbocycles. The highest BCUT2D eigenvalue weighted by Gasteiger charge is 2.40. The van der Waals surface area contributed by atoms with Crippen LogP contribution in [-0.2, 0) is 16.0 Å². The van der Waals surface area contributed by atoms with Gasteiger partial charge in [0, 0.05) is 12.1 Å². The second-order valence-corrected chi connectivity index (χ2v) is 6.61. The number of benzene rings is 1. The van der Waals surface area contributed by atoms with Crippen molar-refractivity contribution >= 4 is 51.4 Å². The van der Waals surface area contributed by atoms with Crippen molar-refractivity contribution in [2.45, 2.75) is 12.8 Å². The zero-order chi connectivity index (χ0) is 13.9. The van der Waals surface area contributed by atoms with Crippen LogP contribution in [0.5, 0.6) is 0 Å². The van der Waals surface area contributed by atoms with Crippen LogP contribution in [0, 0.1) is 0 Å². The summed E-state index contributed by atoms with van der Waals surface area (Å²) in [5, 5.41) is 2.59. The highest BCUT2D eigenvalue weighted by atomic mass is 32.2. The Bertz CT molecular complexity index is 724. The summed E-state index contributed by atoms with van der Waals surface area (Å²) in [4.78, 5) is 26.9. The third-order valence-electron chi connectivity index (χ3n) is 3.79. The first kappa shape index (κ1) is 12.1. The van der Waals surface area contributed by atoms with Crippen LogP contribution in [0.1, 0.15) is 17.5 Å². The van der Waals surface area contributed by atoms with Gasteiger partial charge in [-0.2, -0.15) is 0 Å². The highest BCUT2D eigenvalue weighted by molar-refractivity contribution is 8.27. The summed E-state index contributed by atoms with van der Waals surface area (Å²) in [6, 6.07) is 5.92. The van der Waals surface area contributed by atoms with Crippen molar-refractivity contribution in [1.29, 1.82) is 0 Å². The van der Waals surface area contributed by atoms with Crippen LogP contribution in [0.4, 0.5) is 5.69 Å². The zero-order valence-corrected chi connectivity index (χ0v) is 12.1. The number of thioether (sulfide) groups is 1. The normalized spacial score (nSPS) is 24.2. The zero-order valence-electron chi connectivity index (χ0n) is 10.4. The summed E-state index contributed by atoms with van der Waals surface area (Å²) >= 11 is 6.19. The number of anilines is 1. The van der Waals surface area contributed by atoms with E-state index < -0.39 is 0 Å². The lowest BCUT2D eigenvalue weighted by Crippen LogP contribution is -2.31. The van der Waals surface area contributed by atoms with Crippen molar-refractivity contribution in [3.05, 3.63) is 34.2 Å². The first-order valence-corrected chi connectivity index (χ1v) is 7.61. The van der Waals surface area contributed by atoms with E-state index in [0.717, 1.165) is 30.6 Å². The molecule has 3 aliphatic rings. The van der Waals surface area contributed by atoms with E-state index in [1.165, 1.54) is 17.3 Å². The topological polar surface area (TPSA) is 49.4 Å². The monoisotopic (exact) mass is 302 g/mol. The molecule has 1 aromatic rings. The van der Waals surface area contributed by atoms with Crippen molar-refractivity contribution in [1.82, 2.24) is 5.32 Å². The molecule has 0 bridgehead atoms. The van der Waals surface area contributed by atoms with Crippen molar-refractivity contribution in [3.8, 4) is 0 Å². The molecule has 4 rings (SSSR count). The maximum absolute atomic E-state index is 12.7. The molecule has 1 N–H and O–H groups in total. The molecule has 1 saturated heterocycles. The Balaban J connectivity index is 1.99. The van der Waals surface area contributed by atoms with Gasteiger partial charge in [-0.15, -0.1) is 0 Å². The Hall–Kier alpha value is -1.66. The Labute approximate surface area is 125 Å². The average molecular weight is 302 g/mol. The Kier molecular flexibility index (Phi) is 2.52. The predicted octanol–water partition coefficient (Wildman–Crippen LogP) is 1.84. The molecule has 1 aromatic carbocycles. The number of aryl methyl sites for hydroxylation is 1. The molecule has 3 heterocycles. The fraction of sp³-hybridized carbons (Fsp3) is 0.214. The molecule has 3 aliphatic heterocycles. The average Bonchev–Trinajstić information content (AvgIpc) is 2.90. The van der Waals surface area contributed by atoms with E-state index in [-0.39, 0.29) is 11.8 Å². The van der Waals surface area contributed by atoms with Gasteiger partial charge < -0.3 is 10.2 Å².